The number of halogens is 2. The maximum atomic E-state index is 13.9. The van der Waals surface area contributed by atoms with Crippen molar-refractivity contribution in [1.82, 2.24) is 9.78 Å². The highest BCUT2D eigenvalue weighted by atomic mass is 35.5. The van der Waals surface area contributed by atoms with Crippen LogP contribution in [0, 0.1) is 12.7 Å². The summed E-state index contributed by atoms with van der Waals surface area (Å²) in [6.07, 6.45) is -0.0888. The molecule has 1 atom stereocenters. The summed E-state index contributed by atoms with van der Waals surface area (Å²) < 4.78 is 15.4. The van der Waals surface area contributed by atoms with Crippen LogP contribution in [0.15, 0.2) is 48.5 Å². The number of anilines is 2. The van der Waals surface area contributed by atoms with Crippen LogP contribution in [0.5, 0.6) is 0 Å². The summed E-state index contributed by atoms with van der Waals surface area (Å²) in [7, 11) is 0. The summed E-state index contributed by atoms with van der Waals surface area (Å²) in [6, 6.07) is 12.1. The Morgan fingerprint density at radius 3 is 2.68 bits per heavy atom. The lowest BCUT2D eigenvalue weighted by molar-refractivity contribution is -0.125. The van der Waals surface area contributed by atoms with Crippen molar-refractivity contribution >= 4 is 34.9 Å². The summed E-state index contributed by atoms with van der Waals surface area (Å²) in [5.74, 6) is -0.900. The molecule has 0 aliphatic carbocycles. The molecule has 0 fully saturated rings. The fourth-order valence-corrected chi connectivity index (χ4v) is 3.33. The number of amides is 2. The smallest absolute Gasteiger partial charge is 0.249 e. The van der Waals surface area contributed by atoms with E-state index in [9.17, 15) is 14.0 Å². The van der Waals surface area contributed by atoms with E-state index < -0.39 is 17.8 Å². The lowest BCUT2D eigenvalue weighted by atomic mass is 10.1. The molecule has 1 aliphatic heterocycles. The minimum atomic E-state index is -0.886. The SMILES string of the molecule is Cc1c(-c2ccc(Cl)cc2)nn2c1NC(=O)C[C@@H]2C(=O)Nc1ccccc1F. The molecule has 0 spiro atoms. The van der Waals surface area contributed by atoms with Gasteiger partial charge in [-0.25, -0.2) is 9.07 Å². The molecule has 2 aromatic carbocycles. The molecule has 1 aliphatic rings. The molecule has 6 nitrogen and oxygen atoms in total. The number of aromatic nitrogens is 2. The average molecular weight is 399 g/mol. The first-order valence-electron chi connectivity index (χ1n) is 8.64. The highest BCUT2D eigenvalue weighted by Gasteiger charge is 2.34. The van der Waals surface area contributed by atoms with Gasteiger partial charge in [0.05, 0.1) is 17.8 Å². The van der Waals surface area contributed by atoms with Crippen molar-refractivity contribution in [2.24, 2.45) is 0 Å². The Morgan fingerprint density at radius 2 is 1.96 bits per heavy atom. The summed E-state index contributed by atoms with van der Waals surface area (Å²) in [4.78, 5) is 25.0. The van der Waals surface area contributed by atoms with E-state index in [4.69, 9.17) is 11.6 Å². The van der Waals surface area contributed by atoms with Crippen molar-refractivity contribution in [2.75, 3.05) is 10.6 Å². The Balaban J connectivity index is 1.71. The molecule has 0 saturated heterocycles. The zero-order chi connectivity index (χ0) is 19.8. The van der Waals surface area contributed by atoms with Crippen LogP contribution in [0.1, 0.15) is 18.0 Å². The van der Waals surface area contributed by atoms with Crippen LogP contribution in [-0.4, -0.2) is 21.6 Å². The van der Waals surface area contributed by atoms with Crippen LogP contribution in [0.3, 0.4) is 0 Å². The predicted molar refractivity (Wildman–Crippen MR) is 105 cm³/mol. The van der Waals surface area contributed by atoms with Gasteiger partial charge in [0.2, 0.25) is 11.8 Å². The first kappa shape index (κ1) is 18.2. The number of fused-ring (bicyclic) bond motifs is 1. The molecule has 0 unspecified atom stereocenters. The van der Waals surface area contributed by atoms with Crippen molar-refractivity contribution in [3.05, 3.63) is 64.9 Å². The number of nitrogens with one attached hydrogen (secondary N) is 2. The van der Waals surface area contributed by atoms with Gasteiger partial charge >= 0.3 is 0 Å². The van der Waals surface area contributed by atoms with Gasteiger partial charge in [-0.2, -0.15) is 5.10 Å². The van der Waals surface area contributed by atoms with E-state index in [1.807, 2.05) is 19.1 Å². The Labute approximate surface area is 165 Å². The highest BCUT2D eigenvalue weighted by molar-refractivity contribution is 6.30. The molecular formula is C20H16ClFN4O2. The van der Waals surface area contributed by atoms with Crippen molar-refractivity contribution < 1.29 is 14.0 Å². The molecule has 142 valence electrons. The van der Waals surface area contributed by atoms with Gasteiger partial charge in [0.1, 0.15) is 17.7 Å². The molecule has 28 heavy (non-hydrogen) atoms. The fraction of sp³-hybridized carbons (Fsp3) is 0.150. The van der Waals surface area contributed by atoms with Gasteiger partial charge in [0.15, 0.2) is 0 Å². The van der Waals surface area contributed by atoms with E-state index >= 15 is 0 Å². The number of rotatable bonds is 3. The number of carbonyl (C=O) groups is 2. The molecule has 0 saturated carbocycles. The minimum absolute atomic E-state index is 0.0573. The second kappa shape index (κ2) is 7.09. The lowest BCUT2D eigenvalue weighted by Gasteiger charge is -2.24. The molecule has 0 bridgehead atoms. The van der Waals surface area contributed by atoms with Crippen LogP contribution in [0.2, 0.25) is 5.02 Å². The summed E-state index contributed by atoms with van der Waals surface area (Å²) in [6.45, 7) is 1.82. The molecule has 2 N–H and O–H groups in total. The first-order chi connectivity index (χ1) is 13.4. The standard InChI is InChI=1S/C20H16ClFN4O2/c1-11-18(12-6-8-13(21)9-7-12)25-26-16(10-17(27)24-19(11)26)20(28)23-15-5-3-2-4-14(15)22/h2-9,16H,10H2,1H3,(H,23,28)(H,24,27)/t16-/m1/s1. The number of carbonyl (C=O) groups excluding carboxylic acids is 2. The van der Waals surface area contributed by atoms with E-state index in [2.05, 4.69) is 15.7 Å². The van der Waals surface area contributed by atoms with Crippen molar-refractivity contribution in [3.63, 3.8) is 0 Å². The third kappa shape index (κ3) is 3.25. The minimum Gasteiger partial charge on any atom is -0.322 e. The van der Waals surface area contributed by atoms with Crippen LogP contribution in [0.25, 0.3) is 11.3 Å². The van der Waals surface area contributed by atoms with Crippen LogP contribution < -0.4 is 10.6 Å². The quantitative estimate of drug-likeness (QED) is 0.695. The van der Waals surface area contributed by atoms with Gasteiger partial charge in [-0.15, -0.1) is 0 Å². The van der Waals surface area contributed by atoms with Gasteiger partial charge in [-0.1, -0.05) is 35.9 Å². The Kier molecular flexibility index (Phi) is 4.60. The molecule has 8 heteroatoms. The van der Waals surface area contributed by atoms with Gasteiger partial charge in [0.25, 0.3) is 0 Å². The van der Waals surface area contributed by atoms with Gasteiger partial charge in [-0.05, 0) is 31.2 Å². The summed E-state index contributed by atoms with van der Waals surface area (Å²) in [5, 5.41) is 10.5. The summed E-state index contributed by atoms with van der Waals surface area (Å²) in [5.41, 5.74) is 2.24. The van der Waals surface area contributed by atoms with E-state index in [-0.39, 0.29) is 18.0 Å². The number of hydrogen-bond donors (Lipinski definition) is 2. The predicted octanol–water partition coefficient (Wildman–Crippen LogP) is 4.17. The van der Waals surface area contributed by atoms with Gasteiger partial charge < -0.3 is 10.6 Å². The third-order valence-corrected chi connectivity index (χ3v) is 4.88. The van der Waals surface area contributed by atoms with Gasteiger partial charge in [-0.3, -0.25) is 9.59 Å². The van der Waals surface area contributed by atoms with E-state index in [0.717, 1.165) is 11.1 Å². The van der Waals surface area contributed by atoms with E-state index in [1.165, 1.54) is 22.9 Å². The van der Waals surface area contributed by atoms with Crippen molar-refractivity contribution in [2.45, 2.75) is 19.4 Å². The Bertz CT molecular complexity index is 1080. The molecule has 4 rings (SSSR count). The van der Waals surface area contributed by atoms with Crippen LogP contribution in [0.4, 0.5) is 15.9 Å². The number of nitrogens with zero attached hydrogens (tertiary/aromatic N) is 2. The maximum Gasteiger partial charge on any atom is 0.249 e. The number of para-hydroxylation sites is 1. The van der Waals surface area contributed by atoms with Crippen molar-refractivity contribution in [1.29, 1.82) is 0 Å². The molecule has 3 aromatic rings. The topological polar surface area (TPSA) is 76.0 Å². The normalized spacial score (nSPS) is 15.7. The van der Waals surface area contributed by atoms with Crippen molar-refractivity contribution in [3.8, 4) is 11.3 Å². The van der Waals surface area contributed by atoms with E-state index in [0.29, 0.717) is 16.5 Å². The zero-order valence-electron chi connectivity index (χ0n) is 14.9. The second-order valence-corrected chi connectivity index (χ2v) is 6.95. The highest BCUT2D eigenvalue weighted by Crippen LogP contribution is 2.34. The molecule has 2 amide bonds. The number of benzene rings is 2. The molecular weight excluding hydrogens is 383 g/mol. The maximum absolute atomic E-state index is 13.9. The van der Waals surface area contributed by atoms with Gasteiger partial charge in [0, 0.05) is 16.1 Å². The first-order valence-corrected chi connectivity index (χ1v) is 9.02. The average Bonchev–Trinajstić information content (AvgIpc) is 3.00. The monoisotopic (exact) mass is 398 g/mol. The fourth-order valence-electron chi connectivity index (χ4n) is 3.20. The molecule has 1 aromatic heterocycles. The molecule has 0 radical (unpaired) electrons. The lowest BCUT2D eigenvalue weighted by Crippen LogP contribution is -2.36. The number of hydrogen-bond acceptors (Lipinski definition) is 3. The third-order valence-electron chi connectivity index (χ3n) is 4.63. The largest absolute Gasteiger partial charge is 0.322 e. The van der Waals surface area contributed by atoms with Crippen LogP contribution in [-0.2, 0) is 9.59 Å². The second-order valence-electron chi connectivity index (χ2n) is 6.51. The Morgan fingerprint density at radius 1 is 1.25 bits per heavy atom. The van der Waals surface area contributed by atoms with Crippen LogP contribution >= 0.6 is 11.6 Å². The molecule has 2 heterocycles. The van der Waals surface area contributed by atoms with E-state index in [1.54, 1.807) is 18.2 Å². The Hall–Kier alpha value is -3.19. The zero-order valence-corrected chi connectivity index (χ0v) is 15.6. The summed E-state index contributed by atoms with van der Waals surface area (Å²) >= 11 is 5.95.